The van der Waals surface area contributed by atoms with Crippen LogP contribution in [-0.2, 0) is 0 Å². The molecule has 74 valence electrons. The Bertz CT molecular complexity index is 336. The van der Waals surface area contributed by atoms with E-state index in [0.29, 0.717) is 5.56 Å². The van der Waals surface area contributed by atoms with Crippen LogP contribution in [0.1, 0.15) is 24.2 Å². The topological polar surface area (TPSA) is 81.6 Å². The van der Waals surface area contributed by atoms with E-state index in [9.17, 15) is 4.79 Å². The number of aromatic amines is 1. The van der Waals surface area contributed by atoms with Crippen LogP contribution in [0.4, 0.5) is 0 Å². The van der Waals surface area contributed by atoms with Crippen molar-refractivity contribution in [2.75, 3.05) is 0 Å². The number of amides is 1. The third kappa shape index (κ3) is 2.33. The van der Waals surface area contributed by atoms with Crippen molar-refractivity contribution in [1.82, 2.24) is 15.5 Å². The highest BCUT2D eigenvalue weighted by molar-refractivity contribution is 5.94. The Labute approximate surface area is 82.1 Å². The number of rotatable bonds is 3. The zero-order valence-electron chi connectivity index (χ0n) is 8.11. The second-order valence-electron chi connectivity index (χ2n) is 3.31. The quantitative estimate of drug-likeness (QED) is 0.739. The number of aromatic nitrogens is 2. The fourth-order valence-corrected chi connectivity index (χ4v) is 0.948. The van der Waals surface area contributed by atoms with Crippen molar-refractivity contribution in [3.63, 3.8) is 0 Å². The van der Waals surface area contributed by atoms with Crippen molar-refractivity contribution in [1.29, 1.82) is 5.26 Å². The molecule has 14 heavy (non-hydrogen) atoms. The summed E-state index contributed by atoms with van der Waals surface area (Å²) in [5.41, 5.74) is 0.436. The molecule has 1 atom stereocenters. The van der Waals surface area contributed by atoms with Gasteiger partial charge in [-0.25, -0.2) is 0 Å². The van der Waals surface area contributed by atoms with Gasteiger partial charge in [-0.2, -0.15) is 10.4 Å². The Kier molecular flexibility index (Phi) is 3.24. The molecule has 0 aliphatic carbocycles. The van der Waals surface area contributed by atoms with Crippen molar-refractivity contribution in [2.45, 2.75) is 19.9 Å². The largest absolute Gasteiger partial charge is 0.336 e. The molecule has 0 saturated heterocycles. The highest BCUT2D eigenvalue weighted by Crippen LogP contribution is 2.02. The van der Waals surface area contributed by atoms with Crippen molar-refractivity contribution >= 4 is 5.91 Å². The van der Waals surface area contributed by atoms with Gasteiger partial charge in [-0.1, -0.05) is 13.8 Å². The van der Waals surface area contributed by atoms with Crippen molar-refractivity contribution < 1.29 is 4.79 Å². The van der Waals surface area contributed by atoms with Crippen LogP contribution in [0.25, 0.3) is 0 Å². The van der Waals surface area contributed by atoms with Gasteiger partial charge in [0.15, 0.2) is 0 Å². The molecule has 0 saturated carbocycles. The van der Waals surface area contributed by atoms with E-state index in [2.05, 4.69) is 15.5 Å². The second kappa shape index (κ2) is 4.42. The number of nitrogens with zero attached hydrogens (tertiary/aromatic N) is 2. The van der Waals surface area contributed by atoms with E-state index in [1.807, 2.05) is 19.9 Å². The van der Waals surface area contributed by atoms with E-state index in [4.69, 9.17) is 5.26 Å². The molecule has 1 heterocycles. The molecule has 0 aliphatic rings. The minimum absolute atomic E-state index is 0.0934. The normalized spacial score (nSPS) is 12.1. The smallest absolute Gasteiger partial charge is 0.255 e. The van der Waals surface area contributed by atoms with Gasteiger partial charge in [0.2, 0.25) is 0 Å². The molecule has 0 spiro atoms. The zero-order chi connectivity index (χ0) is 10.6. The van der Waals surface area contributed by atoms with Gasteiger partial charge in [-0.3, -0.25) is 9.89 Å². The van der Waals surface area contributed by atoms with Crippen LogP contribution in [-0.4, -0.2) is 22.1 Å². The molecule has 1 rings (SSSR count). The number of nitriles is 1. The fraction of sp³-hybridized carbons (Fsp3) is 0.444. The summed E-state index contributed by atoms with van der Waals surface area (Å²) in [4.78, 5) is 11.5. The Morgan fingerprint density at radius 1 is 1.71 bits per heavy atom. The third-order valence-electron chi connectivity index (χ3n) is 1.85. The maximum absolute atomic E-state index is 11.5. The fourth-order valence-electron chi connectivity index (χ4n) is 0.948. The first-order valence-corrected chi connectivity index (χ1v) is 4.34. The molecule has 0 aliphatic heterocycles. The molecule has 5 nitrogen and oxygen atoms in total. The number of carbonyl (C=O) groups is 1. The lowest BCUT2D eigenvalue weighted by molar-refractivity contribution is 0.0937. The lowest BCUT2D eigenvalue weighted by Crippen LogP contribution is -2.37. The van der Waals surface area contributed by atoms with E-state index >= 15 is 0 Å². The molecule has 2 N–H and O–H groups in total. The lowest BCUT2D eigenvalue weighted by Gasteiger charge is -2.13. The Hall–Kier alpha value is -1.83. The summed E-state index contributed by atoms with van der Waals surface area (Å²) in [5, 5.41) is 17.6. The maximum atomic E-state index is 11.5. The summed E-state index contributed by atoms with van der Waals surface area (Å²) in [6.07, 6.45) is 2.91. The van der Waals surface area contributed by atoms with Gasteiger partial charge in [0, 0.05) is 6.20 Å². The molecule has 0 aromatic carbocycles. The van der Waals surface area contributed by atoms with Gasteiger partial charge in [0.1, 0.15) is 6.04 Å². The van der Waals surface area contributed by atoms with E-state index in [-0.39, 0.29) is 11.8 Å². The molecule has 5 heteroatoms. The van der Waals surface area contributed by atoms with Crippen molar-refractivity contribution in [3.05, 3.63) is 18.0 Å². The van der Waals surface area contributed by atoms with E-state index < -0.39 is 6.04 Å². The van der Waals surface area contributed by atoms with Gasteiger partial charge in [-0.15, -0.1) is 0 Å². The molecule has 1 aromatic rings. The summed E-state index contributed by atoms with van der Waals surface area (Å²) in [5.74, 6) is -0.185. The van der Waals surface area contributed by atoms with Crippen LogP contribution in [0.15, 0.2) is 12.4 Å². The monoisotopic (exact) mass is 192 g/mol. The molecule has 0 bridgehead atoms. The molecule has 0 radical (unpaired) electrons. The minimum atomic E-state index is -0.461. The van der Waals surface area contributed by atoms with Gasteiger partial charge in [0.25, 0.3) is 5.91 Å². The highest BCUT2D eigenvalue weighted by Gasteiger charge is 2.16. The standard InChI is InChI=1S/C9H12N4O/c1-6(2)8(3-10)13-9(14)7-4-11-12-5-7/h4-6,8H,1-2H3,(H,11,12)(H,13,14). The SMILES string of the molecule is CC(C)C(C#N)NC(=O)c1cn[nH]c1. The number of H-pyrrole nitrogens is 1. The zero-order valence-corrected chi connectivity index (χ0v) is 8.11. The van der Waals surface area contributed by atoms with Crippen LogP contribution in [0.5, 0.6) is 0 Å². The van der Waals surface area contributed by atoms with Gasteiger partial charge >= 0.3 is 0 Å². The van der Waals surface area contributed by atoms with Gasteiger partial charge in [-0.05, 0) is 5.92 Å². The summed E-state index contributed by atoms with van der Waals surface area (Å²) in [6.45, 7) is 3.76. The predicted octanol–water partition coefficient (Wildman–Crippen LogP) is 0.688. The number of hydrogen-bond donors (Lipinski definition) is 2. The van der Waals surface area contributed by atoms with Crippen LogP contribution in [0.3, 0.4) is 0 Å². The van der Waals surface area contributed by atoms with E-state index in [1.165, 1.54) is 12.4 Å². The van der Waals surface area contributed by atoms with Crippen molar-refractivity contribution in [3.8, 4) is 6.07 Å². The average molecular weight is 192 g/mol. The summed E-state index contributed by atoms with van der Waals surface area (Å²) in [7, 11) is 0. The molecule has 1 unspecified atom stereocenters. The minimum Gasteiger partial charge on any atom is -0.336 e. The van der Waals surface area contributed by atoms with Crippen LogP contribution in [0, 0.1) is 17.2 Å². The third-order valence-corrected chi connectivity index (χ3v) is 1.85. The van der Waals surface area contributed by atoms with Crippen LogP contribution in [0.2, 0.25) is 0 Å². The molecular weight excluding hydrogens is 180 g/mol. The highest BCUT2D eigenvalue weighted by atomic mass is 16.1. The summed E-state index contributed by atoms with van der Waals surface area (Å²) in [6, 6.07) is 1.57. The van der Waals surface area contributed by atoms with E-state index in [1.54, 1.807) is 0 Å². The summed E-state index contributed by atoms with van der Waals surface area (Å²) < 4.78 is 0. The van der Waals surface area contributed by atoms with Crippen LogP contribution >= 0.6 is 0 Å². The van der Waals surface area contributed by atoms with Gasteiger partial charge in [0.05, 0.1) is 17.8 Å². The van der Waals surface area contributed by atoms with Crippen molar-refractivity contribution in [2.24, 2.45) is 5.92 Å². The number of nitrogens with one attached hydrogen (secondary N) is 2. The lowest BCUT2D eigenvalue weighted by atomic mass is 10.1. The second-order valence-corrected chi connectivity index (χ2v) is 3.31. The Morgan fingerprint density at radius 2 is 2.43 bits per heavy atom. The number of carbonyl (C=O) groups excluding carboxylic acids is 1. The van der Waals surface area contributed by atoms with Crippen LogP contribution < -0.4 is 5.32 Å². The first-order valence-electron chi connectivity index (χ1n) is 4.34. The predicted molar refractivity (Wildman–Crippen MR) is 50.3 cm³/mol. The first kappa shape index (κ1) is 10.3. The molecule has 1 aromatic heterocycles. The van der Waals surface area contributed by atoms with Gasteiger partial charge < -0.3 is 5.32 Å². The molecule has 0 fully saturated rings. The first-order chi connectivity index (χ1) is 6.65. The maximum Gasteiger partial charge on any atom is 0.255 e. The molecule has 1 amide bonds. The average Bonchev–Trinajstić information content (AvgIpc) is 2.65. The Morgan fingerprint density at radius 3 is 2.86 bits per heavy atom. The summed E-state index contributed by atoms with van der Waals surface area (Å²) >= 11 is 0. The molecular formula is C9H12N4O. The van der Waals surface area contributed by atoms with E-state index in [0.717, 1.165) is 0 Å². The number of hydrogen-bond acceptors (Lipinski definition) is 3. The Balaban J connectivity index is 2.61.